The third kappa shape index (κ3) is 6.31. The van der Waals surface area contributed by atoms with Crippen LogP contribution in [0.4, 0.5) is 0 Å². The zero-order chi connectivity index (χ0) is 12.5. The van der Waals surface area contributed by atoms with E-state index in [9.17, 15) is 0 Å². The van der Waals surface area contributed by atoms with Crippen molar-refractivity contribution < 1.29 is 0 Å². The highest BCUT2D eigenvalue weighted by Crippen LogP contribution is 2.14. The lowest BCUT2D eigenvalue weighted by molar-refractivity contribution is 0.662. The van der Waals surface area contributed by atoms with Gasteiger partial charge in [0, 0.05) is 0 Å². The molecule has 0 fully saturated rings. The van der Waals surface area contributed by atoms with E-state index < -0.39 is 0 Å². The maximum absolute atomic E-state index is 4.11. The number of hydrogen-bond acceptors (Lipinski definition) is 0. The van der Waals surface area contributed by atoms with E-state index in [2.05, 4.69) is 44.7 Å². The minimum atomic E-state index is 1.21. The Morgan fingerprint density at radius 3 is 2.65 bits per heavy atom. The standard InChI is InChI=1S/C17H26/c1-4-9-15(2)10-6-5-7-12-17-13-8-11-16(3)14-17/h8,11,13-14H,2,4-7,9-10,12H2,1,3H3. The van der Waals surface area contributed by atoms with E-state index in [0.29, 0.717) is 0 Å². The molecule has 0 heteroatoms. The molecule has 94 valence electrons. The van der Waals surface area contributed by atoms with Gasteiger partial charge in [0.25, 0.3) is 0 Å². The summed E-state index contributed by atoms with van der Waals surface area (Å²) in [4.78, 5) is 0. The summed E-state index contributed by atoms with van der Waals surface area (Å²) in [6, 6.07) is 8.87. The summed E-state index contributed by atoms with van der Waals surface area (Å²) in [5.41, 5.74) is 4.29. The number of hydrogen-bond donors (Lipinski definition) is 0. The Labute approximate surface area is 107 Å². The van der Waals surface area contributed by atoms with Gasteiger partial charge in [-0.1, -0.05) is 61.7 Å². The molecule has 0 N–H and O–H groups in total. The third-order valence-electron chi connectivity index (χ3n) is 3.18. The molecule has 0 spiro atoms. The van der Waals surface area contributed by atoms with Crippen LogP contribution in [0, 0.1) is 6.92 Å². The molecule has 0 aromatic heterocycles. The molecule has 1 rings (SSSR count). The zero-order valence-corrected chi connectivity index (χ0v) is 11.5. The predicted octanol–water partition coefficient (Wildman–Crippen LogP) is 5.45. The van der Waals surface area contributed by atoms with Crippen molar-refractivity contribution in [1.29, 1.82) is 0 Å². The van der Waals surface area contributed by atoms with Gasteiger partial charge in [0.1, 0.15) is 0 Å². The molecule has 0 aliphatic heterocycles. The highest BCUT2D eigenvalue weighted by atomic mass is 14.0. The summed E-state index contributed by atoms with van der Waals surface area (Å²) in [6.07, 6.45) is 8.84. The molecule has 1 aromatic carbocycles. The molecule has 0 amide bonds. The van der Waals surface area contributed by atoms with Gasteiger partial charge < -0.3 is 0 Å². The molecule has 17 heavy (non-hydrogen) atoms. The fourth-order valence-corrected chi connectivity index (χ4v) is 2.23. The average Bonchev–Trinajstić information content (AvgIpc) is 2.29. The van der Waals surface area contributed by atoms with E-state index in [1.165, 1.54) is 61.6 Å². The van der Waals surface area contributed by atoms with Gasteiger partial charge in [0.2, 0.25) is 0 Å². The molecule has 0 unspecified atom stereocenters. The van der Waals surface area contributed by atoms with Gasteiger partial charge in [-0.15, -0.1) is 0 Å². The van der Waals surface area contributed by atoms with E-state index in [1.807, 2.05) is 0 Å². The summed E-state index contributed by atoms with van der Waals surface area (Å²) >= 11 is 0. The second kappa shape index (κ2) is 8.11. The molecule has 0 radical (unpaired) electrons. The first-order valence-electron chi connectivity index (χ1n) is 6.94. The minimum Gasteiger partial charge on any atom is -0.0999 e. The van der Waals surface area contributed by atoms with Gasteiger partial charge >= 0.3 is 0 Å². The summed E-state index contributed by atoms with van der Waals surface area (Å²) in [5.74, 6) is 0. The van der Waals surface area contributed by atoms with E-state index in [0.717, 1.165) is 0 Å². The normalized spacial score (nSPS) is 10.5. The highest BCUT2D eigenvalue weighted by molar-refractivity contribution is 5.22. The molecule has 0 heterocycles. The Kier molecular flexibility index (Phi) is 6.69. The maximum Gasteiger partial charge on any atom is -0.0279 e. The molecule has 0 saturated heterocycles. The number of allylic oxidation sites excluding steroid dienone is 1. The van der Waals surface area contributed by atoms with Crippen LogP contribution in [0.25, 0.3) is 0 Å². The Morgan fingerprint density at radius 2 is 1.94 bits per heavy atom. The summed E-state index contributed by atoms with van der Waals surface area (Å²) in [6.45, 7) is 8.50. The first-order chi connectivity index (χ1) is 8.22. The van der Waals surface area contributed by atoms with Crippen LogP contribution < -0.4 is 0 Å². The van der Waals surface area contributed by atoms with Crippen molar-refractivity contribution in [2.75, 3.05) is 0 Å². The fraction of sp³-hybridized carbons (Fsp3) is 0.529. The average molecular weight is 230 g/mol. The first kappa shape index (κ1) is 14.0. The zero-order valence-electron chi connectivity index (χ0n) is 11.5. The Morgan fingerprint density at radius 1 is 1.12 bits per heavy atom. The van der Waals surface area contributed by atoms with Crippen molar-refractivity contribution in [2.24, 2.45) is 0 Å². The van der Waals surface area contributed by atoms with Crippen molar-refractivity contribution in [2.45, 2.75) is 58.8 Å². The molecule has 0 nitrogen and oxygen atoms in total. The molecular formula is C17H26. The van der Waals surface area contributed by atoms with Gasteiger partial charge in [-0.25, -0.2) is 0 Å². The van der Waals surface area contributed by atoms with Crippen molar-refractivity contribution in [3.05, 3.63) is 47.5 Å². The topological polar surface area (TPSA) is 0 Å². The van der Waals surface area contributed by atoms with Crippen LogP contribution in [-0.4, -0.2) is 0 Å². The van der Waals surface area contributed by atoms with Gasteiger partial charge in [-0.2, -0.15) is 0 Å². The molecule has 0 aliphatic rings. The molecule has 0 atom stereocenters. The van der Waals surface area contributed by atoms with Gasteiger partial charge in [-0.3, -0.25) is 0 Å². The Bertz CT molecular complexity index is 336. The van der Waals surface area contributed by atoms with E-state index in [4.69, 9.17) is 0 Å². The van der Waals surface area contributed by atoms with Crippen molar-refractivity contribution in [3.8, 4) is 0 Å². The predicted molar refractivity (Wildman–Crippen MR) is 77.4 cm³/mol. The van der Waals surface area contributed by atoms with Crippen LogP contribution in [0.2, 0.25) is 0 Å². The second-order valence-electron chi connectivity index (χ2n) is 5.05. The number of rotatable bonds is 8. The second-order valence-corrected chi connectivity index (χ2v) is 5.05. The Balaban J connectivity index is 2.10. The van der Waals surface area contributed by atoms with E-state index >= 15 is 0 Å². The van der Waals surface area contributed by atoms with Crippen LogP contribution in [0.1, 0.15) is 56.6 Å². The van der Waals surface area contributed by atoms with Crippen molar-refractivity contribution >= 4 is 0 Å². The van der Waals surface area contributed by atoms with Gasteiger partial charge in [0.05, 0.1) is 0 Å². The molecule has 0 bridgehead atoms. The minimum absolute atomic E-state index is 1.21. The molecule has 0 aliphatic carbocycles. The number of benzene rings is 1. The fourth-order valence-electron chi connectivity index (χ4n) is 2.23. The lowest BCUT2D eigenvalue weighted by Gasteiger charge is -2.05. The summed E-state index contributed by atoms with van der Waals surface area (Å²) < 4.78 is 0. The molecule has 1 aromatic rings. The quantitative estimate of drug-likeness (QED) is 0.411. The summed E-state index contributed by atoms with van der Waals surface area (Å²) in [5, 5.41) is 0. The van der Waals surface area contributed by atoms with Crippen LogP contribution in [0.15, 0.2) is 36.4 Å². The van der Waals surface area contributed by atoms with Crippen LogP contribution in [0.5, 0.6) is 0 Å². The van der Waals surface area contributed by atoms with E-state index in [-0.39, 0.29) is 0 Å². The largest absolute Gasteiger partial charge is 0.0999 e. The first-order valence-corrected chi connectivity index (χ1v) is 6.94. The Hall–Kier alpha value is -1.04. The monoisotopic (exact) mass is 230 g/mol. The summed E-state index contributed by atoms with van der Waals surface area (Å²) in [7, 11) is 0. The van der Waals surface area contributed by atoms with Crippen LogP contribution in [0.3, 0.4) is 0 Å². The van der Waals surface area contributed by atoms with Crippen LogP contribution in [-0.2, 0) is 6.42 Å². The van der Waals surface area contributed by atoms with Gasteiger partial charge in [0.15, 0.2) is 0 Å². The van der Waals surface area contributed by atoms with Gasteiger partial charge in [-0.05, 0) is 44.6 Å². The smallest absolute Gasteiger partial charge is 0.0279 e. The van der Waals surface area contributed by atoms with Crippen molar-refractivity contribution in [1.82, 2.24) is 0 Å². The lowest BCUT2D eigenvalue weighted by atomic mass is 10.0. The number of unbranched alkanes of at least 4 members (excludes halogenated alkanes) is 2. The molecular weight excluding hydrogens is 204 g/mol. The SMILES string of the molecule is C=C(CCC)CCCCCc1cccc(C)c1. The van der Waals surface area contributed by atoms with Crippen molar-refractivity contribution in [3.63, 3.8) is 0 Å². The van der Waals surface area contributed by atoms with E-state index in [1.54, 1.807) is 0 Å². The number of aryl methyl sites for hydroxylation is 2. The van der Waals surface area contributed by atoms with Crippen LogP contribution >= 0.6 is 0 Å². The highest BCUT2D eigenvalue weighted by Gasteiger charge is 1.96. The third-order valence-corrected chi connectivity index (χ3v) is 3.18. The molecule has 0 saturated carbocycles. The maximum atomic E-state index is 4.11. The lowest BCUT2D eigenvalue weighted by Crippen LogP contribution is -1.88.